The standard InChI is InChI=1S/C21H24ClN3OS/c1-4-16-10-12-18(13-11-16)26-15(3)20-23-24-21(25(20)5-2)27-14-17-8-6-7-9-19(17)22/h6-13,15H,4-5,14H2,1-3H3/t15-/m0/s1. The molecule has 27 heavy (non-hydrogen) atoms. The average molecular weight is 402 g/mol. The van der Waals surface area contributed by atoms with Crippen molar-refractivity contribution in [3.05, 3.63) is 70.5 Å². The number of halogens is 1. The topological polar surface area (TPSA) is 39.9 Å². The molecule has 0 bridgehead atoms. The van der Waals surface area contributed by atoms with E-state index in [1.165, 1.54) is 5.56 Å². The van der Waals surface area contributed by atoms with Crippen LogP contribution in [0.2, 0.25) is 5.02 Å². The Morgan fingerprint density at radius 2 is 1.81 bits per heavy atom. The number of rotatable bonds is 8. The van der Waals surface area contributed by atoms with Crippen LogP contribution in [0.25, 0.3) is 0 Å². The van der Waals surface area contributed by atoms with E-state index in [2.05, 4.69) is 40.7 Å². The monoisotopic (exact) mass is 401 g/mol. The molecule has 4 nitrogen and oxygen atoms in total. The fourth-order valence-corrected chi connectivity index (χ4v) is 4.12. The average Bonchev–Trinajstić information content (AvgIpc) is 3.11. The summed E-state index contributed by atoms with van der Waals surface area (Å²) < 4.78 is 8.19. The van der Waals surface area contributed by atoms with E-state index in [9.17, 15) is 0 Å². The molecule has 0 fully saturated rings. The number of hydrogen-bond donors (Lipinski definition) is 0. The normalized spacial score (nSPS) is 12.1. The summed E-state index contributed by atoms with van der Waals surface area (Å²) >= 11 is 7.89. The second-order valence-corrected chi connectivity index (χ2v) is 7.57. The fourth-order valence-electron chi connectivity index (χ4n) is 2.82. The van der Waals surface area contributed by atoms with Gasteiger partial charge in [-0.2, -0.15) is 0 Å². The maximum Gasteiger partial charge on any atom is 0.191 e. The lowest BCUT2D eigenvalue weighted by molar-refractivity contribution is 0.210. The van der Waals surface area contributed by atoms with Crippen molar-refractivity contribution in [3.63, 3.8) is 0 Å². The van der Waals surface area contributed by atoms with Crippen molar-refractivity contribution in [1.82, 2.24) is 14.8 Å². The number of aromatic nitrogens is 3. The first-order valence-corrected chi connectivity index (χ1v) is 10.5. The molecule has 0 saturated heterocycles. The molecule has 1 heterocycles. The predicted molar refractivity (Wildman–Crippen MR) is 112 cm³/mol. The third kappa shape index (κ3) is 4.85. The Morgan fingerprint density at radius 3 is 2.48 bits per heavy atom. The van der Waals surface area contributed by atoms with Gasteiger partial charge in [-0.3, -0.25) is 0 Å². The van der Waals surface area contributed by atoms with Crippen LogP contribution < -0.4 is 4.74 Å². The SMILES string of the molecule is CCc1ccc(O[C@@H](C)c2nnc(SCc3ccccc3Cl)n2CC)cc1. The Bertz CT molecular complexity index is 879. The van der Waals surface area contributed by atoms with Crippen molar-refractivity contribution in [1.29, 1.82) is 0 Å². The van der Waals surface area contributed by atoms with Crippen LogP contribution in [-0.4, -0.2) is 14.8 Å². The van der Waals surface area contributed by atoms with Crippen LogP contribution in [0.15, 0.2) is 53.7 Å². The lowest BCUT2D eigenvalue weighted by Crippen LogP contribution is -2.12. The van der Waals surface area contributed by atoms with Gasteiger partial charge in [0, 0.05) is 17.3 Å². The van der Waals surface area contributed by atoms with Gasteiger partial charge in [-0.05, 0) is 49.6 Å². The molecule has 3 rings (SSSR count). The molecule has 6 heteroatoms. The number of aryl methyl sites for hydroxylation is 1. The highest BCUT2D eigenvalue weighted by Gasteiger charge is 2.19. The molecule has 0 unspecified atom stereocenters. The zero-order chi connectivity index (χ0) is 19.2. The van der Waals surface area contributed by atoms with E-state index >= 15 is 0 Å². The van der Waals surface area contributed by atoms with Gasteiger partial charge in [0.2, 0.25) is 0 Å². The van der Waals surface area contributed by atoms with Gasteiger partial charge in [0.25, 0.3) is 0 Å². The molecule has 0 spiro atoms. The van der Waals surface area contributed by atoms with Crippen LogP contribution in [0.5, 0.6) is 5.75 Å². The van der Waals surface area contributed by atoms with Gasteiger partial charge in [0.1, 0.15) is 5.75 Å². The number of ether oxygens (including phenoxy) is 1. The highest BCUT2D eigenvalue weighted by Crippen LogP contribution is 2.28. The largest absolute Gasteiger partial charge is 0.483 e. The third-order valence-corrected chi connectivity index (χ3v) is 5.77. The lowest BCUT2D eigenvalue weighted by atomic mass is 10.2. The summed E-state index contributed by atoms with van der Waals surface area (Å²) in [5.74, 6) is 2.43. The number of hydrogen-bond acceptors (Lipinski definition) is 4. The van der Waals surface area contributed by atoms with Crippen molar-refractivity contribution in [3.8, 4) is 5.75 Å². The van der Waals surface area contributed by atoms with E-state index in [1.807, 2.05) is 43.3 Å². The zero-order valence-corrected chi connectivity index (χ0v) is 17.4. The van der Waals surface area contributed by atoms with Gasteiger partial charge in [0.15, 0.2) is 17.1 Å². The minimum Gasteiger partial charge on any atom is -0.483 e. The van der Waals surface area contributed by atoms with E-state index in [-0.39, 0.29) is 6.10 Å². The van der Waals surface area contributed by atoms with Gasteiger partial charge in [-0.1, -0.05) is 60.6 Å². The first-order valence-electron chi connectivity index (χ1n) is 9.17. The van der Waals surface area contributed by atoms with E-state index in [0.29, 0.717) is 0 Å². The molecule has 3 aromatic rings. The molecule has 1 aromatic heterocycles. The van der Waals surface area contributed by atoms with Crippen molar-refractivity contribution in [2.75, 3.05) is 0 Å². The maximum absolute atomic E-state index is 6.26. The minimum atomic E-state index is -0.181. The Balaban J connectivity index is 1.71. The van der Waals surface area contributed by atoms with Crippen molar-refractivity contribution >= 4 is 23.4 Å². The van der Waals surface area contributed by atoms with Gasteiger partial charge >= 0.3 is 0 Å². The second-order valence-electron chi connectivity index (χ2n) is 6.22. The fraction of sp³-hybridized carbons (Fsp3) is 0.333. The van der Waals surface area contributed by atoms with Crippen molar-refractivity contribution in [2.24, 2.45) is 0 Å². The van der Waals surface area contributed by atoms with E-state index < -0.39 is 0 Å². The summed E-state index contributed by atoms with van der Waals surface area (Å²) in [6.07, 6.45) is 0.839. The van der Waals surface area contributed by atoms with Crippen LogP contribution in [0.3, 0.4) is 0 Å². The summed E-state index contributed by atoms with van der Waals surface area (Å²) in [5.41, 5.74) is 2.39. The number of benzene rings is 2. The summed E-state index contributed by atoms with van der Waals surface area (Å²) in [6, 6.07) is 16.1. The summed E-state index contributed by atoms with van der Waals surface area (Å²) in [4.78, 5) is 0. The molecule has 0 saturated carbocycles. The van der Waals surface area contributed by atoms with Crippen molar-refractivity contribution in [2.45, 2.75) is 50.8 Å². The molecule has 2 aromatic carbocycles. The first-order chi connectivity index (χ1) is 13.1. The summed E-state index contributed by atoms with van der Waals surface area (Å²) in [7, 11) is 0. The van der Waals surface area contributed by atoms with Crippen LogP contribution in [0.1, 0.15) is 43.8 Å². The molecule has 0 aliphatic heterocycles. The van der Waals surface area contributed by atoms with Gasteiger partial charge in [0.05, 0.1) is 0 Å². The van der Waals surface area contributed by atoms with Crippen LogP contribution in [-0.2, 0) is 18.7 Å². The van der Waals surface area contributed by atoms with E-state index in [4.69, 9.17) is 16.3 Å². The third-order valence-electron chi connectivity index (χ3n) is 4.38. The summed E-state index contributed by atoms with van der Waals surface area (Å²) in [6.45, 7) is 7.03. The molecule has 0 amide bonds. The van der Waals surface area contributed by atoms with Gasteiger partial charge in [-0.15, -0.1) is 10.2 Å². The Kier molecular flexibility index (Phi) is 6.80. The molecule has 1 atom stereocenters. The smallest absolute Gasteiger partial charge is 0.191 e. The molecule has 0 N–H and O–H groups in total. The molecule has 0 aliphatic rings. The molecular formula is C21H24ClN3OS. The minimum absolute atomic E-state index is 0.181. The predicted octanol–water partition coefficient (Wildman–Crippen LogP) is 5.95. The van der Waals surface area contributed by atoms with E-state index in [0.717, 1.165) is 46.0 Å². The highest BCUT2D eigenvalue weighted by molar-refractivity contribution is 7.98. The van der Waals surface area contributed by atoms with E-state index in [1.54, 1.807) is 11.8 Å². The first kappa shape index (κ1) is 19.8. The maximum atomic E-state index is 6.26. The van der Waals surface area contributed by atoms with Crippen molar-refractivity contribution < 1.29 is 4.74 Å². The molecule has 0 radical (unpaired) electrons. The Morgan fingerprint density at radius 1 is 1.07 bits per heavy atom. The lowest BCUT2D eigenvalue weighted by Gasteiger charge is -2.16. The Labute approximate surface area is 169 Å². The second kappa shape index (κ2) is 9.29. The Hall–Kier alpha value is -1.98. The molecule has 142 valence electrons. The highest BCUT2D eigenvalue weighted by atomic mass is 35.5. The molecular weight excluding hydrogens is 378 g/mol. The molecule has 0 aliphatic carbocycles. The van der Waals surface area contributed by atoms with Gasteiger partial charge in [-0.25, -0.2) is 0 Å². The number of nitrogens with zero attached hydrogens (tertiary/aromatic N) is 3. The quantitative estimate of drug-likeness (QED) is 0.437. The zero-order valence-electron chi connectivity index (χ0n) is 15.9. The summed E-state index contributed by atoms with van der Waals surface area (Å²) in [5, 5.41) is 10.4. The van der Waals surface area contributed by atoms with Crippen LogP contribution in [0.4, 0.5) is 0 Å². The number of thioether (sulfide) groups is 1. The van der Waals surface area contributed by atoms with Crippen LogP contribution >= 0.6 is 23.4 Å². The van der Waals surface area contributed by atoms with Crippen LogP contribution in [0, 0.1) is 0 Å². The van der Waals surface area contributed by atoms with Gasteiger partial charge < -0.3 is 9.30 Å².